The molecule has 0 radical (unpaired) electrons. The van der Waals surface area contributed by atoms with E-state index in [1.807, 2.05) is 24.3 Å². The summed E-state index contributed by atoms with van der Waals surface area (Å²) >= 11 is 4.83. The second-order valence-corrected chi connectivity index (χ2v) is 5.60. The standard InChI is InChI=1S/C17H18FNOS/c1-11(2)12-5-3-7-14(9-12)20-10-13-6-4-8-15(16(13)18)17(19)21/h3-9,11H,10H2,1-2H3,(H2,19,21). The van der Waals surface area contributed by atoms with E-state index in [1.54, 1.807) is 18.2 Å². The Kier molecular flexibility index (Phi) is 4.91. The van der Waals surface area contributed by atoms with Crippen LogP contribution in [0.2, 0.25) is 0 Å². The molecule has 0 amide bonds. The molecule has 110 valence electrons. The van der Waals surface area contributed by atoms with Crippen LogP contribution in [0.25, 0.3) is 0 Å². The summed E-state index contributed by atoms with van der Waals surface area (Å²) in [6.45, 7) is 4.37. The van der Waals surface area contributed by atoms with Gasteiger partial charge in [-0.25, -0.2) is 4.39 Å². The van der Waals surface area contributed by atoms with Crippen LogP contribution in [0.5, 0.6) is 5.75 Å². The second kappa shape index (κ2) is 6.68. The average Bonchev–Trinajstić information content (AvgIpc) is 2.46. The molecule has 2 nitrogen and oxygen atoms in total. The monoisotopic (exact) mass is 303 g/mol. The summed E-state index contributed by atoms with van der Waals surface area (Å²) in [6, 6.07) is 12.8. The zero-order valence-corrected chi connectivity index (χ0v) is 12.9. The lowest BCUT2D eigenvalue weighted by atomic mass is 10.0. The fraction of sp³-hybridized carbons (Fsp3) is 0.235. The van der Waals surface area contributed by atoms with Gasteiger partial charge in [0.25, 0.3) is 0 Å². The minimum Gasteiger partial charge on any atom is -0.489 e. The molecule has 0 aromatic heterocycles. The number of halogens is 1. The number of thiocarbonyl (C=S) groups is 1. The topological polar surface area (TPSA) is 35.2 Å². The van der Waals surface area contributed by atoms with Crippen LogP contribution in [0.15, 0.2) is 42.5 Å². The molecule has 0 saturated heterocycles. The zero-order valence-electron chi connectivity index (χ0n) is 12.1. The summed E-state index contributed by atoms with van der Waals surface area (Å²) in [5, 5.41) is 0. The van der Waals surface area contributed by atoms with Gasteiger partial charge in [0.05, 0.1) is 0 Å². The highest BCUT2D eigenvalue weighted by molar-refractivity contribution is 7.80. The highest BCUT2D eigenvalue weighted by Crippen LogP contribution is 2.22. The first kappa shape index (κ1) is 15.4. The Labute approximate surface area is 129 Å². The lowest BCUT2D eigenvalue weighted by Crippen LogP contribution is -2.13. The molecule has 2 aromatic rings. The van der Waals surface area contributed by atoms with Crippen molar-refractivity contribution < 1.29 is 9.13 Å². The smallest absolute Gasteiger partial charge is 0.139 e. The second-order valence-electron chi connectivity index (χ2n) is 5.16. The van der Waals surface area contributed by atoms with E-state index in [9.17, 15) is 4.39 Å². The summed E-state index contributed by atoms with van der Waals surface area (Å²) < 4.78 is 19.9. The summed E-state index contributed by atoms with van der Waals surface area (Å²) in [7, 11) is 0. The molecule has 2 N–H and O–H groups in total. The fourth-order valence-corrected chi connectivity index (χ4v) is 2.16. The Bertz CT molecular complexity index is 655. The molecule has 0 bridgehead atoms. The van der Waals surface area contributed by atoms with E-state index in [1.165, 1.54) is 5.56 Å². The van der Waals surface area contributed by atoms with Crippen molar-refractivity contribution in [3.8, 4) is 5.75 Å². The van der Waals surface area contributed by atoms with E-state index in [-0.39, 0.29) is 17.2 Å². The molecule has 0 heterocycles. The maximum Gasteiger partial charge on any atom is 0.139 e. The summed E-state index contributed by atoms with van der Waals surface area (Å²) in [4.78, 5) is 0.0520. The molecule has 0 aliphatic carbocycles. The van der Waals surface area contributed by atoms with Crippen LogP contribution in [0.4, 0.5) is 4.39 Å². The maximum atomic E-state index is 14.2. The SMILES string of the molecule is CC(C)c1cccc(OCc2cccc(C(N)=S)c2F)c1. The highest BCUT2D eigenvalue weighted by Gasteiger charge is 2.10. The number of rotatable bonds is 5. The molecule has 0 saturated carbocycles. The number of nitrogens with two attached hydrogens (primary N) is 1. The lowest BCUT2D eigenvalue weighted by molar-refractivity contribution is 0.299. The van der Waals surface area contributed by atoms with Crippen LogP contribution in [0, 0.1) is 5.82 Å². The first-order valence-corrected chi connectivity index (χ1v) is 7.20. The van der Waals surface area contributed by atoms with Crippen molar-refractivity contribution in [3.63, 3.8) is 0 Å². The highest BCUT2D eigenvalue weighted by atomic mass is 32.1. The van der Waals surface area contributed by atoms with Gasteiger partial charge in [-0.05, 0) is 29.7 Å². The van der Waals surface area contributed by atoms with Crippen LogP contribution >= 0.6 is 12.2 Å². The Morgan fingerprint density at radius 3 is 2.62 bits per heavy atom. The quantitative estimate of drug-likeness (QED) is 0.842. The van der Waals surface area contributed by atoms with E-state index < -0.39 is 5.82 Å². The van der Waals surface area contributed by atoms with Gasteiger partial charge in [-0.2, -0.15) is 0 Å². The molecule has 21 heavy (non-hydrogen) atoms. The molecule has 0 unspecified atom stereocenters. The van der Waals surface area contributed by atoms with Gasteiger partial charge in [-0.3, -0.25) is 0 Å². The van der Waals surface area contributed by atoms with Gasteiger partial charge in [-0.1, -0.05) is 50.3 Å². The third-order valence-corrected chi connectivity index (χ3v) is 3.48. The largest absolute Gasteiger partial charge is 0.489 e. The molecule has 4 heteroatoms. The van der Waals surface area contributed by atoms with E-state index in [2.05, 4.69) is 13.8 Å². The fourth-order valence-electron chi connectivity index (χ4n) is 2.01. The van der Waals surface area contributed by atoms with Crippen LogP contribution < -0.4 is 10.5 Å². The van der Waals surface area contributed by atoms with Crippen molar-refractivity contribution in [2.75, 3.05) is 0 Å². The van der Waals surface area contributed by atoms with Crippen LogP contribution in [-0.2, 0) is 6.61 Å². The molecule has 0 fully saturated rings. The number of hydrogen-bond acceptors (Lipinski definition) is 2. The Morgan fingerprint density at radius 1 is 1.24 bits per heavy atom. The van der Waals surface area contributed by atoms with Gasteiger partial charge in [0, 0.05) is 11.1 Å². The predicted molar refractivity (Wildman–Crippen MR) is 87.2 cm³/mol. The van der Waals surface area contributed by atoms with E-state index in [4.69, 9.17) is 22.7 Å². The van der Waals surface area contributed by atoms with Gasteiger partial charge in [-0.15, -0.1) is 0 Å². The van der Waals surface area contributed by atoms with Crippen molar-refractivity contribution in [3.05, 3.63) is 65.0 Å². The minimum atomic E-state index is -0.412. The van der Waals surface area contributed by atoms with Gasteiger partial charge < -0.3 is 10.5 Å². The van der Waals surface area contributed by atoms with Gasteiger partial charge in [0.2, 0.25) is 0 Å². The Morgan fingerprint density at radius 2 is 1.95 bits per heavy atom. The van der Waals surface area contributed by atoms with E-state index >= 15 is 0 Å². The molecular formula is C17H18FNOS. The predicted octanol–water partition coefficient (Wildman–Crippen LogP) is 4.16. The molecule has 0 spiro atoms. The van der Waals surface area contributed by atoms with Crippen LogP contribution in [-0.4, -0.2) is 4.99 Å². The van der Waals surface area contributed by atoms with Crippen molar-refractivity contribution in [1.29, 1.82) is 0 Å². The number of hydrogen-bond donors (Lipinski definition) is 1. The molecule has 0 aliphatic heterocycles. The van der Waals surface area contributed by atoms with Crippen molar-refractivity contribution in [2.24, 2.45) is 5.73 Å². The van der Waals surface area contributed by atoms with Crippen LogP contribution in [0.1, 0.15) is 36.5 Å². The number of ether oxygens (including phenoxy) is 1. The average molecular weight is 303 g/mol. The summed E-state index contributed by atoms with van der Waals surface area (Å²) in [5.41, 5.74) is 7.37. The first-order valence-electron chi connectivity index (χ1n) is 6.79. The van der Waals surface area contributed by atoms with Gasteiger partial charge in [0.1, 0.15) is 23.2 Å². The minimum absolute atomic E-state index is 0.0520. The third-order valence-electron chi connectivity index (χ3n) is 3.26. The van der Waals surface area contributed by atoms with Crippen molar-refractivity contribution >= 4 is 17.2 Å². The molecular weight excluding hydrogens is 285 g/mol. The summed E-state index contributed by atoms with van der Waals surface area (Å²) in [5.74, 6) is 0.731. The zero-order chi connectivity index (χ0) is 15.4. The Balaban J connectivity index is 2.15. The first-order chi connectivity index (χ1) is 9.99. The van der Waals surface area contributed by atoms with Crippen molar-refractivity contribution in [1.82, 2.24) is 0 Å². The molecule has 0 aliphatic rings. The Hall–Kier alpha value is -1.94. The van der Waals surface area contributed by atoms with E-state index in [0.29, 0.717) is 11.5 Å². The third kappa shape index (κ3) is 3.79. The molecule has 2 rings (SSSR count). The molecule has 2 aromatic carbocycles. The lowest BCUT2D eigenvalue weighted by Gasteiger charge is -2.11. The van der Waals surface area contributed by atoms with E-state index in [0.717, 1.165) is 5.75 Å². The van der Waals surface area contributed by atoms with Gasteiger partial charge >= 0.3 is 0 Å². The normalized spacial score (nSPS) is 10.7. The van der Waals surface area contributed by atoms with Crippen LogP contribution in [0.3, 0.4) is 0 Å². The maximum absolute atomic E-state index is 14.2. The number of benzene rings is 2. The molecule has 0 atom stereocenters. The van der Waals surface area contributed by atoms with Gasteiger partial charge in [0.15, 0.2) is 0 Å². The summed E-state index contributed by atoms with van der Waals surface area (Å²) in [6.07, 6.45) is 0. The van der Waals surface area contributed by atoms with Crippen molar-refractivity contribution in [2.45, 2.75) is 26.4 Å².